The first-order valence-electron chi connectivity index (χ1n) is 9.79. The molecule has 1 heterocycles. The summed E-state index contributed by atoms with van der Waals surface area (Å²) in [6.07, 6.45) is 1.84. The summed E-state index contributed by atoms with van der Waals surface area (Å²) >= 11 is 0. The maximum atomic E-state index is 12.4. The predicted octanol–water partition coefficient (Wildman–Crippen LogP) is 2.14. The highest BCUT2D eigenvalue weighted by Gasteiger charge is 2.53. The van der Waals surface area contributed by atoms with Gasteiger partial charge in [0, 0.05) is 24.1 Å². The molecule has 2 fully saturated rings. The molecule has 29 heavy (non-hydrogen) atoms. The van der Waals surface area contributed by atoms with Crippen LogP contribution in [0, 0.1) is 24.7 Å². The molecular weight excluding hydrogens is 372 g/mol. The highest BCUT2D eigenvalue weighted by molar-refractivity contribution is 5.93. The molecule has 2 aliphatic rings. The van der Waals surface area contributed by atoms with Gasteiger partial charge in [0.1, 0.15) is 6.42 Å². The molecule has 3 unspecified atom stereocenters. The Morgan fingerprint density at radius 2 is 2.10 bits per heavy atom. The number of benzene rings is 1. The Hall–Kier alpha value is -3.01. The summed E-state index contributed by atoms with van der Waals surface area (Å²) in [7, 11) is 1.36. The van der Waals surface area contributed by atoms with Gasteiger partial charge in [-0.1, -0.05) is 18.1 Å². The van der Waals surface area contributed by atoms with Gasteiger partial charge in [0.05, 0.1) is 7.11 Å². The Bertz CT molecular complexity index is 871. The standard InChI is InChI=1S/C22H26N2O5/c1-15-5-3-6-16(13-15)8-11-22(29-20(26)14-19(23)25)10-4-7-18-17(22)9-12-24(18)21(27)28-2/h3,5-6,13,17-18H,4,7,9-10,12,14H2,1-2H3,(H2,23,25). The zero-order valence-corrected chi connectivity index (χ0v) is 16.8. The van der Waals surface area contributed by atoms with Crippen LogP contribution in [0.3, 0.4) is 0 Å². The summed E-state index contributed by atoms with van der Waals surface area (Å²) in [5.74, 6) is 4.78. The van der Waals surface area contributed by atoms with E-state index in [1.54, 1.807) is 4.90 Å². The second-order valence-corrected chi connectivity index (χ2v) is 7.64. The van der Waals surface area contributed by atoms with Crippen molar-refractivity contribution < 1.29 is 23.9 Å². The van der Waals surface area contributed by atoms with Gasteiger partial charge < -0.3 is 20.1 Å². The molecule has 1 aromatic carbocycles. The fourth-order valence-electron chi connectivity index (χ4n) is 4.45. The summed E-state index contributed by atoms with van der Waals surface area (Å²) in [5, 5.41) is 0. The molecule has 1 aliphatic carbocycles. The number of esters is 1. The van der Waals surface area contributed by atoms with E-state index in [1.165, 1.54) is 7.11 Å². The van der Waals surface area contributed by atoms with Crippen LogP contribution in [0.2, 0.25) is 0 Å². The van der Waals surface area contributed by atoms with Crippen LogP contribution >= 0.6 is 0 Å². The van der Waals surface area contributed by atoms with E-state index < -0.39 is 23.9 Å². The monoisotopic (exact) mass is 398 g/mol. The largest absolute Gasteiger partial charge is 0.453 e. The molecule has 1 aromatic rings. The summed E-state index contributed by atoms with van der Waals surface area (Å²) in [4.78, 5) is 37.4. The Morgan fingerprint density at radius 3 is 2.79 bits per heavy atom. The van der Waals surface area contributed by atoms with Gasteiger partial charge >= 0.3 is 12.1 Å². The number of amides is 2. The molecule has 154 valence electrons. The number of likely N-dealkylation sites (tertiary alicyclic amines) is 1. The first kappa shape index (κ1) is 20.7. The van der Waals surface area contributed by atoms with Crippen LogP contribution in [0.25, 0.3) is 0 Å². The quantitative estimate of drug-likeness (QED) is 0.478. The fraction of sp³-hybridized carbons (Fsp3) is 0.500. The second-order valence-electron chi connectivity index (χ2n) is 7.64. The lowest BCUT2D eigenvalue weighted by molar-refractivity contribution is -0.163. The van der Waals surface area contributed by atoms with Gasteiger partial charge in [0.2, 0.25) is 5.91 Å². The normalized spacial score (nSPS) is 25.4. The number of primary amides is 1. The van der Waals surface area contributed by atoms with Gasteiger partial charge in [-0.25, -0.2) is 4.79 Å². The van der Waals surface area contributed by atoms with Crippen molar-refractivity contribution in [3.63, 3.8) is 0 Å². The van der Waals surface area contributed by atoms with E-state index in [0.29, 0.717) is 19.4 Å². The fourth-order valence-corrected chi connectivity index (χ4v) is 4.45. The molecule has 7 heteroatoms. The van der Waals surface area contributed by atoms with Gasteiger partial charge in [-0.3, -0.25) is 9.59 Å². The first-order chi connectivity index (χ1) is 13.8. The molecule has 0 bridgehead atoms. The highest BCUT2D eigenvalue weighted by Crippen LogP contribution is 2.45. The van der Waals surface area contributed by atoms with Crippen molar-refractivity contribution >= 4 is 18.0 Å². The number of rotatable bonds is 3. The average Bonchev–Trinajstić information content (AvgIpc) is 3.11. The molecule has 7 nitrogen and oxygen atoms in total. The van der Waals surface area contributed by atoms with E-state index in [2.05, 4.69) is 11.8 Å². The number of ether oxygens (including phenoxy) is 2. The van der Waals surface area contributed by atoms with Crippen LogP contribution in [0.1, 0.15) is 43.2 Å². The van der Waals surface area contributed by atoms with Gasteiger partial charge in [-0.2, -0.15) is 0 Å². The molecule has 2 N–H and O–H groups in total. The van der Waals surface area contributed by atoms with Crippen LogP contribution in [-0.4, -0.2) is 48.2 Å². The van der Waals surface area contributed by atoms with Crippen molar-refractivity contribution in [3.05, 3.63) is 35.4 Å². The third kappa shape index (κ3) is 4.53. The number of carbonyl (C=O) groups is 3. The molecular formula is C22H26N2O5. The zero-order chi connectivity index (χ0) is 21.0. The van der Waals surface area contributed by atoms with E-state index in [1.807, 2.05) is 31.2 Å². The lowest BCUT2D eigenvalue weighted by Crippen LogP contribution is -2.52. The topological polar surface area (TPSA) is 98.9 Å². The van der Waals surface area contributed by atoms with E-state index in [0.717, 1.165) is 24.0 Å². The van der Waals surface area contributed by atoms with Crippen molar-refractivity contribution in [2.24, 2.45) is 11.7 Å². The Balaban J connectivity index is 1.96. The lowest BCUT2D eigenvalue weighted by atomic mass is 9.72. The number of methoxy groups -OCH3 is 1. The Labute approximate surface area is 170 Å². The molecule has 0 radical (unpaired) electrons. The maximum absolute atomic E-state index is 12.4. The van der Waals surface area contributed by atoms with Crippen LogP contribution in [0.4, 0.5) is 4.79 Å². The lowest BCUT2D eigenvalue weighted by Gasteiger charge is -2.42. The molecule has 3 rings (SSSR count). The van der Waals surface area contributed by atoms with Gasteiger partial charge in [0.15, 0.2) is 5.60 Å². The molecule has 1 aliphatic heterocycles. The summed E-state index contributed by atoms with van der Waals surface area (Å²) in [6.45, 7) is 2.50. The van der Waals surface area contributed by atoms with E-state index >= 15 is 0 Å². The number of nitrogens with zero attached hydrogens (tertiary/aromatic N) is 1. The van der Waals surface area contributed by atoms with Crippen molar-refractivity contribution in [1.82, 2.24) is 4.90 Å². The van der Waals surface area contributed by atoms with Crippen LogP contribution in [0.5, 0.6) is 0 Å². The number of hydrogen-bond acceptors (Lipinski definition) is 5. The smallest absolute Gasteiger partial charge is 0.409 e. The molecule has 3 atom stereocenters. The van der Waals surface area contributed by atoms with Gasteiger partial charge in [-0.05, 0) is 56.2 Å². The third-order valence-electron chi connectivity index (χ3n) is 5.65. The number of nitrogens with two attached hydrogens (primary N) is 1. The van der Waals surface area contributed by atoms with Crippen LogP contribution in [-0.2, 0) is 19.1 Å². The SMILES string of the molecule is COC(=O)N1CCC2C1CCCC2(C#Cc1cccc(C)c1)OC(=O)CC(N)=O. The molecule has 1 saturated carbocycles. The van der Waals surface area contributed by atoms with Gasteiger partial charge in [-0.15, -0.1) is 0 Å². The van der Waals surface area contributed by atoms with E-state index in [-0.39, 0.29) is 18.1 Å². The third-order valence-corrected chi connectivity index (χ3v) is 5.65. The van der Waals surface area contributed by atoms with Crippen molar-refractivity contribution in [2.45, 2.75) is 50.7 Å². The zero-order valence-electron chi connectivity index (χ0n) is 16.8. The number of aryl methyl sites for hydroxylation is 1. The number of fused-ring (bicyclic) bond motifs is 1. The van der Waals surface area contributed by atoms with E-state index in [9.17, 15) is 14.4 Å². The summed E-state index contributed by atoms with van der Waals surface area (Å²) in [6, 6.07) is 7.64. The van der Waals surface area contributed by atoms with Crippen LogP contribution in [0.15, 0.2) is 24.3 Å². The summed E-state index contributed by atoms with van der Waals surface area (Å²) in [5.41, 5.74) is 6.00. The van der Waals surface area contributed by atoms with Crippen molar-refractivity contribution in [2.75, 3.05) is 13.7 Å². The maximum Gasteiger partial charge on any atom is 0.409 e. The molecule has 0 aromatic heterocycles. The Morgan fingerprint density at radius 1 is 1.31 bits per heavy atom. The molecule has 2 amide bonds. The number of hydrogen-bond donors (Lipinski definition) is 1. The second kappa shape index (κ2) is 8.56. The van der Waals surface area contributed by atoms with E-state index in [4.69, 9.17) is 15.2 Å². The molecule has 1 saturated heterocycles. The minimum absolute atomic E-state index is 0.121. The molecule has 0 spiro atoms. The minimum atomic E-state index is -1.07. The first-order valence-corrected chi connectivity index (χ1v) is 9.79. The highest BCUT2D eigenvalue weighted by atomic mass is 16.6. The summed E-state index contributed by atoms with van der Waals surface area (Å²) < 4.78 is 10.7. The predicted molar refractivity (Wildman–Crippen MR) is 106 cm³/mol. The van der Waals surface area contributed by atoms with Crippen molar-refractivity contribution in [1.29, 1.82) is 0 Å². The van der Waals surface area contributed by atoms with Crippen molar-refractivity contribution in [3.8, 4) is 11.8 Å². The Kier molecular flexibility index (Phi) is 6.12. The van der Waals surface area contributed by atoms with Crippen LogP contribution < -0.4 is 5.73 Å². The average molecular weight is 398 g/mol. The van der Waals surface area contributed by atoms with Gasteiger partial charge in [0.25, 0.3) is 0 Å². The minimum Gasteiger partial charge on any atom is -0.453 e. The number of carbonyl (C=O) groups excluding carboxylic acids is 3.